The van der Waals surface area contributed by atoms with Crippen LogP contribution in [0.25, 0.3) is 0 Å². The molecule has 0 radical (unpaired) electrons. The molecule has 0 heterocycles. The molecule has 0 spiro atoms. The van der Waals surface area contributed by atoms with Gasteiger partial charge in [0, 0.05) is 18.2 Å². The van der Waals surface area contributed by atoms with Crippen LogP contribution in [0, 0.1) is 12.3 Å². The number of allylic oxidation sites excluding steroid dienone is 2. The second-order valence-corrected chi connectivity index (χ2v) is 3.42. The van der Waals surface area contributed by atoms with Gasteiger partial charge in [0.1, 0.15) is 0 Å². The van der Waals surface area contributed by atoms with Gasteiger partial charge in [-0.1, -0.05) is 18.8 Å². The largest absolute Gasteiger partial charge is 0.402 e. The van der Waals surface area contributed by atoms with E-state index in [1.54, 1.807) is 0 Å². The molecule has 86 valence electrons. The zero-order chi connectivity index (χ0) is 11.7. The molecule has 0 aromatic carbocycles. The molecule has 0 rings (SSSR count). The highest BCUT2D eigenvalue weighted by Crippen LogP contribution is 2.23. The third-order valence-electron chi connectivity index (χ3n) is 1.94. The van der Waals surface area contributed by atoms with Crippen molar-refractivity contribution < 1.29 is 13.2 Å². The average Bonchev–Trinajstić information content (AvgIpc) is 2.09. The summed E-state index contributed by atoms with van der Waals surface area (Å²) in [6.07, 6.45) is 4.76. The van der Waals surface area contributed by atoms with Crippen molar-refractivity contribution in [3.8, 4) is 12.3 Å². The Hall–Kier alpha value is -1.11. The highest BCUT2D eigenvalue weighted by Gasteiger charge is 2.25. The number of nitrogens with two attached hydrogens (primary N) is 1. The molecule has 15 heavy (non-hydrogen) atoms. The molecule has 1 nitrogen and oxygen atoms in total. The van der Waals surface area contributed by atoms with Crippen molar-refractivity contribution in [2.75, 3.05) is 0 Å². The highest BCUT2D eigenvalue weighted by atomic mass is 19.4. The van der Waals surface area contributed by atoms with E-state index in [0.717, 1.165) is 12.8 Å². The normalized spacial score (nSPS) is 12.5. The Morgan fingerprint density at radius 3 is 2.33 bits per heavy atom. The number of unbranched alkanes of at least 4 members (excludes halogenated alkanes) is 3. The lowest BCUT2D eigenvalue weighted by molar-refractivity contribution is -0.135. The molecule has 0 amide bonds. The first-order valence-corrected chi connectivity index (χ1v) is 4.93. The monoisotopic (exact) mass is 219 g/mol. The second-order valence-electron chi connectivity index (χ2n) is 3.42. The van der Waals surface area contributed by atoms with Gasteiger partial charge in [-0.25, -0.2) is 0 Å². The van der Waals surface area contributed by atoms with Crippen molar-refractivity contribution in [2.24, 2.45) is 5.73 Å². The van der Waals surface area contributed by atoms with Crippen LogP contribution in [0.15, 0.2) is 11.8 Å². The number of halogens is 3. The molecule has 4 heteroatoms. The molecule has 0 unspecified atom stereocenters. The van der Waals surface area contributed by atoms with Crippen molar-refractivity contribution in [2.45, 2.75) is 44.7 Å². The summed E-state index contributed by atoms with van der Waals surface area (Å²) in [5.41, 5.74) is 6.13. The maximum atomic E-state index is 11.7. The van der Waals surface area contributed by atoms with E-state index in [-0.39, 0.29) is 6.42 Å². The van der Waals surface area contributed by atoms with Gasteiger partial charge in [-0.3, -0.25) is 0 Å². The van der Waals surface area contributed by atoms with E-state index in [2.05, 4.69) is 5.92 Å². The Morgan fingerprint density at radius 2 is 1.80 bits per heavy atom. The third-order valence-corrected chi connectivity index (χ3v) is 1.94. The van der Waals surface area contributed by atoms with E-state index in [1.807, 2.05) is 0 Å². The minimum Gasteiger partial charge on any atom is -0.402 e. The maximum absolute atomic E-state index is 11.7. The average molecular weight is 219 g/mol. The van der Waals surface area contributed by atoms with Gasteiger partial charge in [0.15, 0.2) is 0 Å². The Labute approximate surface area is 88.5 Å². The molecule has 0 aliphatic carbocycles. The Balaban J connectivity index is 3.34. The van der Waals surface area contributed by atoms with Crippen LogP contribution in [0.5, 0.6) is 0 Å². The predicted molar refractivity (Wildman–Crippen MR) is 54.9 cm³/mol. The summed E-state index contributed by atoms with van der Waals surface area (Å²) in [6.45, 7) is 0. The lowest BCUT2D eigenvalue weighted by Crippen LogP contribution is -2.06. The zero-order valence-corrected chi connectivity index (χ0v) is 8.61. The van der Waals surface area contributed by atoms with Gasteiger partial charge in [-0.05, 0) is 19.3 Å². The number of rotatable bonds is 6. The Kier molecular flexibility index (Phi) is 6.68. The van der Waals surface area contributed by atoms with Gasteiger partial charge in [-0.2, -0.15) is 13.2 Å². The third kappa shape index (κ3) is 10.8. The van der Waals surface area contributed by atoms with Crippen LogP contribution in [0.3, 0.4) is 0 Å². The van der Waals surface area contributed by atoms with Crippen LogP contribution in [0.2, 0.25) is 0 Å². The molecule has 0 aromatic rings. The van der Waals surface area contributed by atoms with Crippen LogP contribution >= 0.6 is 0 Å². The number of hydrogen-bond acceptors (Lipinski definition) is 1. The first kappa shape index (κ1) is 13.9. The first-order valence-electron chi connectivity index (χ1n) is 4.93. The van der Waals surface area contributed by atoms with Crippen molar-refractivity contribution in [1.29, 1.82) is 0 Å². The zero-order valence-electron chi connectivity index (χ0n) is 8.61. The Bertz CT molecular complexity index is 235. The fraction of sp³-hybridized carbons (Fsp3) is 0.636. The van der Waals surface area contributed by atoms with E-state index in [0.29, 0.717) is 18.5 Å². The van der Waals surface area contributed by atoms with Crippen molar-refractivity contribution in [3.63, 3.8) is 0 Å². The summed E-state index contributed by atoms with van der Waals surface area (Å²) in [5, 5.41) is 0. The first-order chi connectivity index (χ1) is 6.95. The van der Waals surface area contributed by atoms with Gasteiger partial charge in [0.25, 0.3) is 0 Å². The Morgan fingerprint density at radius 1 is 1.20 bits per heavy atom. The fourth-order valence-electron chi connectivity index (χ4n) is 1.19. The number of terminal acetylenes is 1. The van der Waals surface area contributed by atoms with Crippen LogP contribution in [0.4, 0.5) is 13.2 Å². The lowest BCUT2D eigenvalue weighted by Gasteiger charge is -2.05. The maximum Gasteiger partial charge on any atom is 0.389 e. The van der Waals surface area contributed by atoms with Gasteiger partial charge in [0.05, 0.1) is 0 Å². The smallest absolute Gasteiger partial charge is 0.389 e. The van der Waals surface area contributed by atoms with E-state index < -0.39 is 12.6 Å². The molecule has 0 saturated carbocycles. The van der Waals surface area contributed by atoms with Gasteiger partial charge in [0.2, 0.25) is 0 Å². The van der Waals surface area contributed by atoms with Crippen LogP contribution in [-0.4, -0.2) is 6.18 Å². The van der Waals surface area contributed by atoms with E-state index in [9.17, 15) is 13.2 Å². The van der Waals surface area contributed by atoms with Crippen LogP contribution in [0.1, 0.15) is 38.5 Å². The summed E-state index contributed by atoms with van der Waals surface area (Å²) in [7, 11) is 0. The second kappa shape index (κ2) is 7.22. The molecule has 0 saturated heterocycles. The van der Waals surface area contributed by atoms with E-state index >= 15 is 0 Å². The molecule has 0 fully saturated rings. The molecular weight excluding hydrogens is 203 g/mol. The standard InChI is InChI=1S/C11H16F3N/c1-2-7-10(15)8-5-3-4-6-9-11(12,13)14/h1,7H,3-6,8-9,15H2/b10-7+. The molecule has 2 N–H and O–H groups in total. The van der Waals surface area contributed by atoms with Gasteiger partial charge in [-0.15, -0.1) is 6.42 Å². The number of alkyl halides is 3. The molecule has 0 aliphatic rings. The summed E-state index contributed by atoms with van der Waals surface area (Å²) < 4.78 is 35.2. The van der Waals surface area contributed by atoms with Crippen LogP contribution in [-0.2, 0) is 0 Å². The van der Waals surface area contributed by atoms with E-state index in [4.69, 9.17) is 12.2 Å². The van der Waals surface area contributed by atoms with Gasteiger partial charge < -0.3 is 5.73 Å². The minimum absolute atomic E-state index is 0.197. The SMILES string of the molecule is C#C/C=C(/N)CCCCCCC(F)(F)F. The summed E-state index contributed by atoms with van der Waals surface area (Å²) in [4.78, 5) is 0. The van der Waals surface area contributed by atoms with Crippen molar-refractivity contribution >= 4 is 0 Å². The van der Waals surface area contributed by atoms with Crippen molar-refractivity contribution in [3.05, 3.63) is 11.8 Å². The minimum atomic E-state index is -4.03. The summed E-state index contributed by atoms with van der Waals surface area (Å²) in [5.74, 6) is 2.30. The molecular formula is C11H16F3N. The predicted octanol–water partition coefficient (Wildman–Crippen LogP) is 3.37. The lowest BCUT2D eigenvalue weighted by atomic mass is 10.1. The van der Waals surface area contributed by atoms with Gasteiger partial charge >= 0.3 is 6.18 Å². The summed E-state index contributed by atoms with van der Waals surface area (Å²) >= 11 is 0. The molecule has 0 aliphatic heterocycles. The summed E-state index contributed by atoms with van der Waals surface area (Å²) in [6, 6.07) is 0. The molecule has 0 bridgehead atoms. The fourth-order valence-corrected chi connectivity index (χ4v) is 1.19. The number of hydrogen-bond donors (Lipinski definition) is 1. The van der Waals surface area contributed by atoms with E-state index in [1.165, 1.54) is 6.08 Å². The highest BCUT2D eigenvalue weighted by molar-refractivity contribution is 5.14. The quantitative estimate of drug-likeness (QED) is 0.538. The van der Waals surface area contributed by atoms with Crippen LogP contribution < -0.4 is 5.73 Å². The molecule has 0 aromatic heterocycles. The van der Waals surface area contributed by atoms with Crippen molar-refractivity contribution in [1.82, 2.24) is 0 Å². The topological polar surface area (TPSA) is 26.0 Å². The molecule has 0 atom stereocenters.